The van der Waals surface area contributed by atoms with Gasteiger partial charge >= 0.3 is 5.97 Å². The van der Waals surface area contributed by atoms with Crippen molar-refractivity contribution < 1.29 is 14.6 Å². The molecule has 2 N–H and O–H groups in total. The van der Waals surface area contributed by atoms with Crippen LogP contribution in [0.2, 0.25) is 0 Å². The van der Waals surface area contributed by atoms with Gasteiger partial charge in [-0.3, -0.25) is 4.90 Å². The molecule has 2 heterocycles. The average Bonchev–Trinajstić information content (AvgIpc) is 2.71. The molecule has 1 saturated heterocycles. The van der Waals surface area contributed by atoms with Crippen molar-refractivity contribution in [3.8, 4) is 0 Å². The zero-order valence-corrected chi connectivity index (χ0v) is 12.0. The number of aryl methyl sites for hydroxylation is 1. The lowest BCUT2D eigenvalue weighted by Crippen LogP contribution is -2.42. The van der Waals surface area contributed by atoms with Crippen LogP contribution in [-0.4, -0.2) is 59.8 Å². The third-order valence-electron chi connectivity index (χ3n) is 3.00. The third kappa shape index (κ3) is 3.89. The zero-order chi connectivity index (χ0) is 13.8. The second-order valence-corrected chi connectivity index (χ2v) is 5.89. The Morgan fingerprint density at radius 3 is 2.84 bits per heavy atom. The summed E-state index contributed by atoms with van der Waals surface area (Å²) in [5.74, 6) is -0.970. The first kappa shape index (κ1) is 14.2. The maximum atomic E-state index is 10.9. The number of thiazole rings is 1. The summed E-state index contributed by atoms with van der Waals surface area (Å²) in [6.07, 6.45) is 0. The molecule has 1 fully saturated rings. The van der Waals surface area contributed by atoms with Gasteiger partial charge in [0.1, 0.15) is 0 Å². The maximum absolute atomic E-state index is 10.9. The van der Waals surface area contributed by atoms with E-state index in [0.29, 0.717) is 5.13 Å². The molecule has 1 unspecified atom stereocenters. The van der Waals surface area contributed by atoms with E-state index < -0.39 is 5.97 Å². The van der Waals surface area contributed by atoms with Gasteiger partial charge in [-0.2, -0.15) is 0 Å². The SMILES string of the molecule is Cc1sc(NC(C)CN2CCOCC2)nc1C(=O)O. The van der Waals surface area contributed by atoms with Gasteiger partial charge in [0.05, 0.1) is 13.2 Å². The lowest BCUT2D eigenvalue weighted by molar-refractivity contribution is 0.0368. The number of aromatic carboxylic acids is 1. The van der Waals surface area contributed by atoms with E-state index in [0.717, 1.165) is 37.7 Å². The first-order valence-electron chi connectivity index (χ1n) is 6.33. The van der Waals surface area contributed by atoms with E-state index in [-0.39, 0.29) is 11.7 Å². The van der Waals surface area contributed by atoms with Gasteiger partial charge in [0.15, 0.2) is 10.8 Å². The molecule has 0 amide bonds. The molecule has 0 bridgehead atoms. The Labute approximate surface area is 116 Å². The number of hydrogen-bond acceptors (Lipinski definition) is 6. The average molecular weight is 285 g/mol. The van der Waals surface area contributed by atoms with E-state index in [9.17, 15) is 4.79 Å². The van der Waals surface area contributed by atoms with Crippen molar-refractivity contribution in [2.45, 2.75) is 19.9 Å². The second-order valence-electron chi connectivity index (χ2n) is 4.69. The minimum atomic E-state index is -0.970. The number of morpholine rings is 1. The van der Waals surface area contributed by atoms with Crippen molar-refractivity contribution in [3.63, 3.8) is 0 Å². The first-order valence-corrected chi connectivity index (χ1v) is 7.15. The number of rotatable bonds is 5. The van der Waals surface area contributed by atoms with Crippen LogP contribution in [0.5, 0.6) is 0 Å². The van der Waals surface area contributed by atoms with Crippen molar-refractivity contribution in [2.75, 3.05) is 38.2 Å². The predicted octanol–water partition coefficient (Wildman–Crippen LogP) is 1.28. The van der Waals surface area contributed by atoms with Crippen molar-refractivity contribution in [1.82, 2.24) is 9.88 Å². The second kappa shape index (κ2) is 6.31. The van der Waals surface area contributed by atoms with E-state index in [2.05, 4.69) is 22.1 Å². The number of aromatic nitrogens is 1. The molecule has 0 saturated carbocycles. The topological polar surface area (TPSA) is 74.7 Å². The smallest absolute Gasteiger partial charge is 0.355 e. The predicted molar refractivity (Wildman–Crippen MR) is 74.2 cm³/mol. The molecule has 0 spiro atoms. The number of hydrogen-bond donors (Lipinski definition) is 2. The van der Waals surface area contributed by atoms with E-state index in [4.69, 9.17) is 9.84 Å². The summed E-state index contributed by atoms with van der Waals surface area (Å²) in [7, 11) is 0. The van der Waals surface area contributed by atoms with E-state index in [1.165, 1.54) is 11.3 Å². The van der Waals surface area contributed by atoms with Crippen LogP contribution in [0.1, 0.15) is 22.3 Å². The number of nitrogens with one attached hydrogen (secondary N) is 1. The van der Waals surface area contributed by atoms with Gasteiger partial charge in [0.2, 0.25) is 0 Å². The molecular formula is C12H19N3O3S. The van der Waals surface area contributed by atoms with Gasteiger partial charge in [0.25, 0.3) is 0 Å². The summed E-state index contributed by atoms with van der Waals surface area (Å²) in [5.41, 5.74) is 0.145. The van der Waals surface area contributed by atoms with Crippen molar-refractivity contribution in [2.24, 2.45) is 0 Å². The Bertz CT molecular complexity index is 443. The van der Waals surface area contributed by atoms with Crippen LogP contribution in [0.15, 0.2) is 0 Å². The van der Waals surface area contributed by atoms with Crippen LogP contribution in [-0.2, 0) is 4.74 Å². The third-order valence-corrected chi connectivity index (χ3v) is 3.91. The number of carboxylic acids is 1. The van der Waals surface area contributed by atoms with Crippen molar-refractivity contribution in [3.05, 3.63) is 10.6 Å². The van der Waals surface area contributed by atoms with Gasteiger partial charge in [-0.1, -0.05) is 0 Å². The highest BCUT2D eigenvalue weighted by Gasteiger charge is 2.17. The summed E-state index contributed by atoms with van der Waals surface area (Å²) in [5, 5.41) is 12.9. The fourth-order valence-electron chi connectivity index (χ4n) is 2.08. The van der Waals surface area contributed by atoms with E-state index in [1.807, 2.05) is 0 Å². The van der Waals surface area contributed by atoms with Gasteiger partial charge in [-0.15, -0.1) is 11.3 Å². The molecule has 2 rings (SSSR count). The normalized spacial score (nSPS) is 18.2. The highest BCUT2D eigenvalue weighted by atomic mass is 32.1. The largest absolute Gasteiger partial charge is 0.476 e. The summed E-state index contributed by atoms with van der Waals surface area (Å²) in [4.78, 5) is 18.1. The molecule has 7 heteroatoms. The molecule has 106 valence electrons. The Morgan fingerprint density at radius 2 is 2.26 bits per heavy atom. The number of nitrogens with zero attached hydrogens (tertiary/aromatic N) is 2. The zero-order valence-electron chi connectivity index (χ0n) is 11.2. The lowest BCUT2D eigenvalue weighted by Gasteiger charge is -2.29. The van der Waals surface area contributed by atoms with E-state index in [1.54, 1.807) is 6.92 Å². The fraction of sp³-hybridized carbons (Fsp3) is 0.667. The van der Waals surface area contributed by atoms with Crippen molar-refractivity contribution >= 4 is 22.4 Å². The summed E-state index contributed by atoms with van der Waals surface area (Å²) >= 11 is 1.39. The quantitative estimate of drug-likeness (QED) is 0.849. The highest BCUT2D eigenvalue weighted by Crippen LogP contribution is 2.22. The van der Waals surface area contributed by atoms with Crippen LogP contribution in [0.25, 0.3) is 0 Å². The standard InChI is InChI=1S/C12H19N3O3S/c1-8(7-15-3-5-18-6-4-15)13-12-14-10(11(16)17)9(2)19-12/h8H,3-7H2,1-2H3,(H,13,14)(H,16,17). The Hall–Kier alpha value is -1.18. The van der Waals surface area contributed by atoms with Crippen LogP contribution >= 0.6 is 11.3 Å². The lowest BCUT2D eigenvalue weighted by atomic mass is 10.3. The monoisotopic (exact) mass is 285 g/mol. The van der Waals surface area contributed by atoms with Gasteiger partial charge in [-0.05, 0) is 13.8 Å². The van der Waals surface area contributed by atoms with Gasteiger partial charge < -0.3 is 15.2 Å². The van der Waals surface area contributed by atoms with Crippen LogP contribution < -0.4 is 5.32 Å². The minimum absolute atomic E-state index is 0.145. The molecule has 1 aliphatic heterocycles. The van der Waals surface area contributed by atoms with Gasteiger partial charge in [-0.25, -0.2) is 9.78 Å². The van der Waals surface area contributed by atoms with Crippen LogP contribution in [0.3, 0.4) is 0 Å². The maximum Gasteiger partial charge on any atom is 0.355 e. The minimum Gasteiger partial charge on any atom is -0.476 e. The Balaban J connectivity index is 1.89. The number of ether oxygens (including phenoxy) is 1. The molecule has 0 radical (unpaired) electrons. The molecule has 1 atom stereocenters. The summed E-state index contributed by atoms with van der Waals surface area (Å²) in [6.45, 7) is 8.22. The molecule has 0 aromatic carbocycles. The number of carbonyl (C=O) groups is 1. The highest BCUT2D eigenvalue weighted by molar-refractivity contribution is 7.15. The molecule has 19 heavy (non-hydrogen) atoms. The first-order chi connectivity index (χ1) is 9.06. The molecular weight excluding hydrogens is 266 g/mol. The number of carboxylic acid groups (broad SMARTS) is 1. The summed E-state index contributed by atoms with van der Waals surface area (Å²) in [6, 6.07) is 0.227. The Kier molecular flexibility index (Phi) is 4.73. The Morgan fingerprint density at radius 1 is 1.58 bits per heavy atom. The van der Waals surface area contributed by atoms with Crippen LogP contribution in [0, 0.1) is 6.92 Å². The molecule has 1 aromatic heterocycles. The van der Waals surface area contributed by atoms with Crippen LogP contribution in [0.4, 0.5) is 5.13 Å². The fourth-order valence-corrected chi connectivity index (χ4v) is 3.00. The van der Waals surface area contributed by atoms with Crippen molar-refractivity contribution in [1.29, 1.82) is 0 Å². The number of anilines is 1. The van der Waals surface area contributed by atoms with Gasteiger partial charge in [0, 0.05) is 30.6 Å². The molecule has 6 nitrogen and oxygen atoms in total. The molecule has 0 aliphatic carbocycles. The van der Waals surface area contributed by atoms with E-state index >= 15 is 0 Å². The molecule has 1 aliphatic rings. The molecule has 1 aromatic rings. The summed E-state index contributed by atoms with van der Waals surface area (Å²) < 4.78 is 5.31.